The Morgan fingerprint density at radius 3 is 2.57 bits per heavy atom. The van der Waals surface area contributed by atoms with Crippen LogP contribution in [0.3, 0.4) is 0 Å². The molecule has 0 atom stereocenters. The average Bonchev–Trinajstić information content (AvgIpc) is 2.49. The number of halogens is 1. The molecule has 0 saturated heterocycles. The Balaban J connectivity index is 2.07. The molecule has 2 aromatic carbocycles. The summed E-state index contributed by atoms with van der Waals surface area (Å²) >= 11 is 0. The monoisotopic (exact) mass is 288 g/mol. The summed E-state index contributed by atoms with van der Waals surface area (Å²) in [6.07, 6.45) is 0. The van der Waals surface area contributed by atoms with Gasteiger partial charge in [-0.25, -0.2) is 4.39 Å². The highest BCUT2D eigenvalue weighted by atomic mass is 19.1. The second-order valence-electron chi connectivity index (χ2n) is 4.59. The maximum Gasteiger partial charge on any atom is 0.259 e. The number of hydrogen-bond acceptors (Lipinski definition) is 3. The van der Waals surface area contributed by atoms with E-state index in [0.29, 0.717) is 5.69 Å². The summed E-state index contributed by atoms with van der Waals surface area (Å²) in [4.78, 5) is 12.0. The van der Waals surface area contributed by atoms with Gasteiger partial charge in [0.15, 0.2) is 0 Å². The standard InChI is InChI=1S/C16H17FN2O2/c1-2-18-10-11-3-6-13(7-4-11)19-16(21)14-9-12(17)5-8-15(14)20/h3-9,18,20H,2,10H2,1H3,(H,19,21). The Morgan fingerprint density at radius 2 is 1.90 bits per heavy atom. The Kier molecular flexibility index (Phi) is 4.90. The van der Waals surface area contributed by atoms with Gasteiger partial charge in [-0.15, -0.1) is 0 Å². The maximum absolute atomic E-state index is 13.1. The molecular formula is C16H17FN2O2. The number of carbonyl (C=O) groups is 1. The van der Waals surface area contributed by atoms with Crippen LogP contribution in [0.1, 0.15) is 22.8 Å². The first-order valence-corrected chi connectivity index (χ1v) is 6.69. The zero-order chi connectivity index (χ0) is 15.2. The van der Waals surface area contributed by atoms with Gasteiger partial charge in [-0.2, -0.15) is 0 Å². The van der Waals surface area contributed by atoms with Gasteiger partial charge in [-0.05, 0) is 42.4 Å². The van der Waals surface area contributed by atoms with E-state index >= 15 is 0 Å². The van der Waals surface area contributed by atoms with Crippen LogP contribution in [0.25, 0.3) is 0 Å². The zero-order valence-corrected chi connectivity index (χ0v) is 11.7. The molecule has 0 saturated carbocycles. The molecule has 0 heterocycles. The lowest BCUT2D eigenvalue weighted by molar-refractivity contribution is 0.102. The predicted molar refractivity (Wildman–Crippen MR) is 79.8 cm³/mol. The zero-order valence-electron chi connectivity index (χ0n) is 11.7. The molecule has 1 amide bonds. The minimum absolute atomic E-state index is 0.0910. The molecule has 0 aliphatic heterocycles. The molecule has 0 spiro atoms. The first-order valence-electron chi connectivity index (χ1n) is 6.69. The van der Waals surface area contributed by atoms with Crippen LogP contribution in [0.5, 0.6) is 5.75 Å². The van der Waals surface area contributed by atoms with Crippen molar-refractivity contribution in [2.75, 3.05) is 11.9 Å². The van der Waals surface area contributed by atoms with E-state index in [4.69, 9.17) is 0 Å². The van der Waals surface area contributed by atoms with E-state index in [1.165, 1.54) is 0 Å². The van der Waals surface area contributed by atoms with E-state index in [2.05, 4.69) is 10.6 Å². The molecule has 2 rings (SSSR count). The highest BCUT2D eigenvalue weighted by Crippen LogP contribution is 2.19. The van der Waals surface area contributed by atoms with Crippen LogP contribution in [0.4, 0.5) is 10.1 Å². The van der Waals surface area contributed by atoms with E-state index in [0.717, 1.165) is 36.9 Å². The number of amides is 1. The third-order valence-electron chi connectivity index (χ3n) is 2.99. The van der Waals surface area contributed by atoms with Crippen molar-refractivity contribution in [3.63, 3.8) is 0 Å². The second kappa shape index (κ2) is 6.85. The number of aromatic hydroxyl groups is 1. The number of phenolic OH excluding ortho intramolecular Hbond substituents is 1. The van der Waals surface area contributed by atoms with E-state index in [-0.39, 0.29) is 11.3 Å². The van der Waals surface area contributed by atoms with Gasteiger partial charge in [0, 0.05) is 12.2 Å². The lowest BCUT2D eigenvalue weighted by Gasteiger charge is -2.08. The van der Waals surface area contributed by atoms with Crippen molar-refractivity contribution < 1.29 is 14.3 Å². The number of benzene rings is 2. The fourth-order valence-electron chi connectivity index (χ4n) is 1.86. The summed E-state index contributed by atoms with van der Waals surface area (Å²) in [6, 6.07) is 10.6. The summed E-state index contributed by atoms with van der Waals surface area (Å²) in [5.41, 5.74) is 1.60. The lowest BCUT2D eigenvalue weighted by atomic mass is 10.1. The molecule has 0 radical (unpaired) electrons. The molecule has 5 heteroatoms. The topological polar surface area (TPSA) is 61.4 Å². The third kappa shape index (κ3) is 4.03. The second-order valence-corrected chi connectivity index (χ2v) is 4.59. The molecule has 0 aliphatic carbocycles. The molecule has 0 fully saturated rings. The number of hydrogen-bond donors (Lipinski definition) is 3. The fraction of sp³-hybridized carbons (Fsp3) is 0.188. The summed E-state index contributed by atoms with van der Waals surface area (Å²) in [5, 5.41) is 15.4. The van der Waals surface area contributed by atoms with Crippen LogP contribution in [-0.4, -0.2) is 17.6 Å². The molecule has 4 nitrogen and oxygen atoms in total. The molecule has 0 bridgehead atoms. The average molecular weight is 288 g/mol. The Bertz CT molecular complexity index is 627. The number of nitrogens with one attached hydrogen (secondary N) is 2. The van der Waals surface area contributed by atoms with Crippen LogP contribution in [-0.2, 0) is 6.54 Å². The molecule has 0 aromatic heterocycles. The first kappa shape index (κ1) is 15.0. The van der Waals surface area contributed by atoms with Crippen molar-refractivity contribution in [2.24, 2.45) is 0 Å². The van der Waals surface area contributed by atoms with Crippen molar-refractivity contribution in [1.29, 1.82) is 0 Å². The molecule has 110 valence electrons. The molecule has 2 aromatic rings. The Hall–Kier alpha value is -2.40. The van der Waals surface area contributed by atoms with Gasteiger partial charge < -0.3 is 15.7 Å². The number of carbonyl (C=O) groups excluding carboxylic acids is 1. The smallest absolute Gasteiger partial charge is 0.259 e. The first-order chi connectivity index (χ1) is 10.1. The lowest BCUT2D eigenvalue weighted by Crippen LogP contribution is -2.13. The van der Waals surface area contributed by atoms with E-state index in [1.54, 1.807) is 12.1 Å². The van der Waals surface area contributed by atoms with Gasteiger partial charge in [-0.1, -0.05) is 19.1 Å². The van der Waals surface area contributed by atoms with Gasteiger partial charge in [0.25, 0.3) is 5.91 Å². The van der Waals surface area contributed by atoms with Gasteiger partial charge in [0.1, 0.15) is 11.6 Å². The quantitative estimate of drug-likeness (QED) is 0.793. The summed E-state index contributed by atoms with van der Waals surface area (Å²) < 4.78 is 13.1. The largest absolute Gasteiger partial charge is 0.507 e. The van der Waals surface area contributed by atoms with E-state index in [9.17, 15) is 14.3 Å². The van der Waals surface area contributed by atoms with E-state index in [1.807, 2.05) is 19.1 Å². The molecule has 3 N–H and O–H groups in total. The SMILES string of the molecule is CCNCc1ccc(NC(=O)c2cc(F)ccc2O)cc1. The van der Waals surface area contributed by atoms with Crippen LogP contribution < -0.4 is 10.6 Å². The van der Waals surface area contributed by atoms with Crippen molar-refractivity contribution in [2.45, 2.75) is 13.5 Å². The molecule has 0 unspecified atom stereocenters. The highest BCUT2D eigenvalue weighted by molar-refractivity contribution is 6.06. The minimum atomic E-state index is -0.570. The van der Waals surface area contributed by atoms with Crippen LogP contribution in [0.15, 0.2) is 42.5 Å². The van der Waals surface area contributed by atoms with Crippen molar-refractivity contribution in [3.8, 4) is 5.75 Å². The minimum Gasteiger partial charge on any atom is -0.507 e. The van der Waals surface area contributed by atoms with Gasteiger partial charge in [-0.3, -0.25) is 4.79 Å². The molecule has 21 heavy (non-hydrogen) atoms. The van der Waals surface area contributed by atoms with Crippen molar-refractivity contribution in [3.05, 3.63) is 59.4 Å². The molecule has 0 aliphatic rings. The number of rotatable bonds is 5. The fourth-order valence-corrected chi connectivity index (χ4v) is 1.86. The van der Waals surface area contributed by atoms with E-state index < -0.39 is 11.7 Å². The number of anilines is 1. The molecular weight excluding hydrogens is 271 g/mol. The van der Waals surface area contributed by atoms with Gasteiger partial charge >= 0.3 is 0 Å². The maximum atomic E-state index is 13.1. The predicted octanol–water partition coefficient (Wildman–Crippen LogP) is 2.89. The van der Waals surface area contributed by atoms with Gasteiger partial charge in [0.2, 0.25) is 0 Å². The highest BCUT2D eigenvalue weighted by Gasteiger charge is 2.12. The van der Waals surface area contributed by atoms with Crippen LogP contribution in [0, 0.1) is 5.82 Å². The van der Waals surface area contributed by atoms with Crippen LogP contribution in [0.2, 0.25) is 0 Å². The van der Waals surface area contributed by atoms with Gasteiger partial charge in [0.05, 0.1) is 5.56 Å². The number of phenols is 1. The Labute approximate surface area is 122 Å². The summed E-state index contributed by atoms with van der Waals surface area (Å²) in [5.74, 6) is -1.37. The van der Waals surface area contributed by atoms with Crippen LogP contribution >= 0.6 is 0 Å². The summed E-state index contributed by atoms with van der Waals surface area (Å²) in [6.45, 7) is 3.67. The Morgan fingerprint density at radius 1 is 1.19 bits per heavy atom. The third-order valence-corrected chi connectivity index (χ3v) is 2.99. The van der Waals surface area contributed by atoms with Crippen molar-refractivity contribution in [1.82, 2.24) is 5.32 Å². The van der Waals surface area contributed by atoms with Crippen molar-refractivity contribution >= 4 is 11.6 Å². The normalized spacial score (nSPS) is 10.4. The summed E-state index contributed by atoms with van der Waals surface area (Å²) in [7, 11) is 0.